The third-order valence-corrected chi connectivity index (χ3v) is 7.71. The Balaban J connectivity index is 2.12. The first-order valence-electron chi connectivity index (χ1n) is 8.41. The van der Waals surface area contributed by atoms with Crippen molar-refractivity contribution in [2.75, 3.05) is 13.2 Å². The summed E-state index contributed by atoms with van der Waals surface area (Å²) in [6.45, 7) is 1.65. The standard InChI is InChI=1S/C19H19Cl2NO4S/c1-2-26-18(23)19(11-22)16(12-4-3-5-14(21)10-12)17(19)27(24,25)15-8-6-13(20)7-9-15/h3-10,16-17H,2,11,22H2,1H3. The van der Waals surface area contributed by atoms with Gasteiger partial charge < -0.3 is 10.5 Å². The number of rotatable bonds is 6. The molecule has 5 nitrogen and oxygen atoms in total. The molecule has 1 aliphatic carbocycles. The van der Waals surface area contributed by atoms with Crippen molar-refractivity contribution in [1.82, 2.24) is 0 Å². The van der Waals surface area contributed by atoms with Crippen molar-refractivity contribution >= 4 is 39.0 Å². The smallest absolute Gasteiger partial charge is 0.315 e. The van der Waals surface area contributed by atoms with Crippen molar-refractivity contribution in [2.45, 2.75) is 23.0 Å². The van der Waals surface area contributed by atoms with Crippen molar-refractivity contribution in [3.8, 4) is 0 Å². The number of esters is 1. The van der Waals surface area contributed by atoms with E-state index in [9.17, 15) is 13.2 Å². The molecule has 1 aliphatic rings. The van der Waals surface area contributed by atoms with Crippen LogP contribution in [0.3, 0.4) is 0 Å². The summed E-state index contributed by atoms with van der Waals surface area (Å²) in [7, 11) is -3.86. The minimum absolute atomic E-state index is 0.0866. The number of carbonyl (C=O) groups excluding carboxylic acids is 1. The topological polar surface area (TPSA) is 86.5 Å². The van der Waals surface area contributed by atoms with E-state index in [4.69, 9.17) is 33.7 Å². The number of benzene rings is 2. The highest BCUT2D eigenvalue weighted by molar-refractivity contribution is 7.92. The maximum absolute atomic E-state index is 13.3. The molecule has 2 N–H and O–H groups in total. The summed E-state index contributed by atoms with van der Waals surface area (Å²) in [6.07, 6.45) is 0. The zero-order chi connectivity index (χ0) is 19.8. The van der Waals surface area contributed by atoms with Gasteiger partial charge in [0.2, 0.25) is 0 Å². The van der Waals surface area contributed by atoms with Gasteiger partial charge in [-0.3, -0.25) is 4.79 Å². The first-order valence-corrected chi connectivity index (χ1v) is 10.7. The predicted molar refractivity (Wildman–Crippen MR) is 105 cm³/mol. The first kappa shape index (κ1) is 20.1. The lowest BCUT2D eigenvalue weighted by molar-refractivity contribution is -0.149. The minimum atomic E-state index is -3.86. The average molecular weight is 428 g/mol. The molecule has 0 aliphatic heterocycles. The molecule has 2 aromatic rings. The van der Waals surface area contributed by atoms with Crippen LogP contribution >= 0.6 is 23.2 Å². The highest BCUT2D eigenvalue weighted by atomic mass is 35.5. The fourth-order valence-corrected chi connectivity index (χ4v) is 6.34. The Hall–Kier alpha value is -1.60. The van der Waals surface area contributed by atoms with Crippen LogP contribution in [0.1, 0.15) is 18.4 Å². The molecule has 2 aromatic carbocycles. The highest BCUT2D eigenvalue weighted by Gasteiger charge is 2.75. The van der Waals surface area contributed by atoms with E-state index in [1.807, 2.05) is 0 Å². The summed E-state index contributed by atoms with van der Waals surface area (Å²) in [5.74, 6) is -1.25. The second-order valence-corrected chi connectivity index (χ2v) is 9.36. The van der Waals surface area contributed by atoms with E-state index in [2.05, 4.69) is 0 Å². The van der Waals surface area contributed by atoms with Crippen molar-refractivity contribution in [3.63, 3.8) is 0 Å². The molecule has 144 valence electrons. The van der Waals surface area contributed by atoms with Gasteiger partial charge in [-0.15, -0.1) is 0 Å². The first-order chi connectivity index (χ1) is 12.8. The van der Waals surface area contributed by atoms with Gasteiger partial charge in [0.1, 0.15) is 5.41 Å². The molecule has 1 fully saturated rings. The van der Waals surface area contributed by atoms with Crippen LogP contribution in [-0.4, -0.2) is 32.8 Å². The molecule has 27 heavy (non-hydrogen) atoms. The maximum atomic E-state index is 13.3. The zero-order valence-corrected chi connectivity index (χ0v) is 16.9. The van der Waals surface area contributed by atoms with Crippen molar-refractivity contribution in [2.24, 2.45) is 11.1 Å². The quantitative estimate of drug-likeness (QED) is 0.713. The van der Waals surface area contributed by atoms with Crippen LogP contribution in [0.15, 0.2) is 53.4 Å². The number of halogens is 2. The summed E-state index contributed by atoms with van der Waals surface area (Å²) < 4.78 is 31.8. The molecule has 1 saturated carbocycles. The summed E-state index contributed by atoms with van der Waals surface area (Å²) >= 11 is 11.9. The van der Waals surface area contributed by atoms with Gasteiger partial charge in [-0.2, -0.15) is 0 Å². The van der Waals surface area contributed by atoms with Gasteiger partial charge in [0, 0.05) is 22.5 Å². The number of hydrogen-bond acceptors (Lipinski definition) is 5. The van der Waals surface area contributed by atoms with Crippen LogP contribution in [-0.2, 0) is 19.4 Å². The molecular formula is C19H19Cl2NO4S. The van der Waals surface area contributed by atoms with E-state index in [1.54, 1.807) is 31.2 Å². The van der Waals surface area contributed by atoms with Gasteiger partial charge in [0.05, 0.1) is 16.8 Å². The molecule has 3 rings (SSSR count). The summed E-state index contributed by atoms with van der Waals surface area (Å²) in [5, 5.41) is -0.155. The van der Waals surface area contributed by atoms with E-state index in [0.717, 1.165) is 0 Å². The Morgan fingerprint density at radius 3 is 2.37 bits per heavy atom. The fraction of sp³-hybridized carbons (Fsp3) is 0.316. The maximum Gasteiger partial charge on any atom is 0.315 e. The van der Waals surface area contributed by atoms with Crippen LogP contribution in [0, 0.1) is 5.41 Å². The molecule has 3 unspecified atom stereocenters. The largest absolute Gasteiger partial charge is 0.465 e. The molecule has 0 heterocycles. The summed E-state index contributed by atoms with van der Waals surface area (Å²) in [6, 6.07) is 12.7. The van der Waals surface area contributed by atoms with Crippen molar-refractivity contribution in [1.29, 1.82) is 0 Å². The molecule has 0 saturated heterocycles. The van der Waals surface area contributed by atoms with Gasteiger partial charge in [0.15, 0.2) is 9.84 Å². The van der Waals surface area contributed by atoms with Gasteiger partial charge in [0.25, 0.3) is 0 Å². The number of nitrogens with two attached hydrogens (primary N) is 1. The molecule has 0 aromatic heterocycles. The lowest BCUT2D eigenvalue weighted by Gasteiger charge is -2.14. The van der Waals surface area contributed by atoms with Crippen molar-refractivity contribution in [3.05, 3.63) is 64.1 Å². The summed E-state index contributed by atoms with van der Waals surface area (Å²) in [5.41, 5.74) is 5.23. The zero-order valence-electron chi connectivity index (χ0n) is 14.6. The summed E-state index contributed by atoms with van der Waals surface area (Å²) in [4.78, 5) is 12.8. The molecule has 8 heteroatoms. The number of sulfone groups is 1. The van der Waals surface area contributed by atoms with Gasteiger partial charge >= 0.3 is 5.97 Å². The predicted octanol–water partition coefficient (Wildman–Crippen LogP) is 3.44. The van der Waals surface area contributed by atoms with E-state index < -0.39 is 32.4 Å². The Morgan fingerprint density at radius 1 is 1.15 bits per heavy atom. The number of carbonyl (C=O) groups is 1. The molecule has 0 radical (unpaired) electrons. The fourth-order valence-electron chi connectivity index (χ4n) is 3.64. The molecule has 0 amide bonds. The average Bonchev–Trinajstić information content (AvgIpc) is 3.34. The van der Waals surface area contributed by atoms with Crippen molar-refractivity contribution < 1.29 is 17.9 Å². The Kier molecular flexibility index (Phi) is 5.54. The van der Waals surface area contributed by atoms with Crippen LogP contribution in [0.25, 0.3) is 0 Å². The van der Waals surface area contributed by atoms with Crippen LogP contribution < -0.4 is 5.73 Å². The third kappa shape index (κ3) is 3.36. The van der Waals surface area contributed by atoms with Gasteiger partial charge in [-0.05, 0) is 48.9 Å². The van der Waals surface area contributed by atoms with E-state index in [0.29, 0.717) is 15.6 Å². The van der Waals surface area contributed by atoms with E-state index in [1.165, 1.54) is 24.3 Å². The molecular weight excluding hydrogens is 409 g/mol. The molecule has 3 atom stereocenters. The second kappa shape index (κ2) is 7.43. The SMILES string of the molecule is CCOC(=O)C1(CN)C(c2cccc(Cl)c2)C1S(=O)(=O)c1ccc(Cl)cc1. The monoisotopic (exact) mass is 427 g/mol. The van der Waals surface area contributed by atoms with Gasteiger partial charge in [-0.1, -0.05) is 35.3 Å². The van der Waals surface area contributed by atoms with E-state index in [-0.39, 0.29) is 18.0 Å². The lowest BCUT2D eigenvalue weighted by atomic mass is 9.99. The minimum Gasteiger partial charge on any atom is -0.465 e. The van der Waals surface area contributed by atoms with Gasteiger partial charge in [-0.25, -0.2) is 8.42 Å². The molecule has 0 spiro atoms. The Labute approximate surface area is 168 Å². The van der Waals surface area contributed by atoms with Crippen LogP contribution in [0.2, 0.25) is 10.0 Å². The van der Waals surface area contributed by atoms with E-state index >= 15 is 0 Å². The Morgan fingerprint density at radius 2 is 1.81 bits per heavy atom. The number of ether oxygens (including phenoxy) is 1. The van der Waals surface area contributed by atoms with Crippen LogP contribution in [0.5, 0.6) is 0 Å². The third-order valence-electron chi connectivity index (χ3n) is 4.93. The van der Waals surface area contributed by atoms with Crippen LogP contribution in [0.4, 0.5) is 0 Å². The lowest BCUT2D eigenvalue weighted by Crippen LogP contribution is -2.33. The Bertz CT molecular complexity index is 962. The second-order valence-electron chi connectivity index (χ2n) is 6.42. The highest BCUT2D eigenvalue weighted by Crippen LogP contribution is 2.64. The normalized spacial score (nSPS) is 24.4. The number of hydrogen-bond donors (Lipinski definition) is 1. The molecule has 0 bridgehead atoms.